The molecule has 2 aromatic carbocycles. The summed E-state index contributed by atoms with van der Waals surface area (Å²) < 4.78 is 0. The monoisotopic (exact) mass is 331 g/mol. The van der Waals surface area contributed by atoms with Gasteiger partial charge in [-0.3, -0.25) is 9.59 Å². The van der Waals surface area contributed by atoms with Crippen LogP contribution < -0.4 is 4.90 Å². The molecule has 2 aromatic rings. The highest BCUT2D eigenvalue weighted by atomic mass is 35.5. The smallest absolute Gasteiger partial charge is 0.247 e. The number of amides is 2. The topological polar surface area (TPSA) is 37.4 Å². The number of hydrogen-bond donors (Lipinski definition) is 0. The number of nitrogens with zero attached hydrogens (tertiary/aromatic N) is 1. The maximum atomic E-state index is 12.5. The van der Waals surface area contributed by atoms with E-state index < -0.39 is 0 Å². The Morgan fingerprint density at radius 3 is 2.41 bits per heavy atom. The van der Waals surface area contributed by atoms with E-state index in [9.17, 15) is 9.59 Å². The molecular formula is C17H14ClNO2S. The lowest BCUT2D eigenvalue weighted by Crippen LogP contribution is -2.31. The molecule has 5 heteroatoms. The van der Waals surface area contributed by atoms with Crippen molar-refractivity contribution in [2.45, 2.75) is 17.4 Å². The fourth-order valence-corrected chi connectivity index (χ4v) is 3.58. The van der Waals surface area contributed by atoms with Crippen molar-refractivity contribution in [2.24, 2.45) is 0 Å². The standard InChI is InChI=1S/C17H14ClNO2S/c18-13-8-6-12(7-9-13)11-22-15-10-16(20)19(17(15)21)14-4-2-1-3-5-14/h1-9,15H,10-11H2/t15-/m0/s1. The molecule has 0 spiro atoms. The second-order valence-corrected chi connectivity index (χ2v) is 6.66. The van der Waals surface area contributed by atoms with E-state index in [2.05, 4.69) is 0 Å². The lowest BCUT2D eigenvalue weighted by molar-refractivity contribution is -0.121. The van der Waals surface area contributed by atoms with E-state index >= 15 is 0 Å². The summed E-state index contributed by atoms with van der Waals surface area (Å²) in [5, 5.41) is 0.375. The summed E-state index contributed by atoms with van der Waals surface area (Å²) in [5.41, 5.74) is 1.74. The van der Waals surface area contributed by atoms with Crippen molar-refractivity contribution in [3.8, 4) is 0 Å². The third-order valence-electron chi connectivity index (χ3n) is 3.48. The van der Waals surface area contributed by atoms with Gasteiger partial charge in [-0.2, -0.15) is 0 Å². The van der Waals surface area contributed by atoms with Gasteiger partial charge in [-0.15, -0.1) is 11.8 Å². The molecule has 22 heavy (non-hydrogen) atoms. The zero-order valence-electron chi connectivity index (χ0n) is 11.7. The zero-order valence-corrected chi connectivity index (χ0v) is 13.3. The van der Waals surface area contributed by atoms with Crippen molar-refractivity contribution in [3.05, 3.63) is 65.2 Å². The molecule has 1 saturated heterocycles. The van der Waals surface area contributed by atoms with Crippen molar-refractivity contribution < 1.29 is 9.59 Å². The zero-order chi connectivity index (χ0) is 15.5. The van der Waals surface area contributed by atoms with Crippen LogP contribution in [0.2, 0.25) is 5.02 Å². The van der Waals surface area contributed by atoms with Crippen molar-refractivity contribution >= 4 is 40.9 Å². The molecule has 0 radical (unpaired) electrons. The predicted molar refractivity (Wildman–Crippen MR) is 90.1 cm³/mol. The Morgan fingerprint density at radius 2 is 1.73 bits per heavy atom. The number of hydrogen-bond acceptors (Lipinski definition) is 3. The number of halogens is 1. The van der Waals surface area contributed by atoms with Crippen LogP contribution in [-0.4, -0.2) is 17.1 Å². The highest BCUT2D eigenvalue weighted by molar-refractivity contribution is 7.99. The number of anilines is 1. The molecule has 0 bridgehead atoms. The Bertz CT molecular complexity index is 688. The molecule has 0 N–H and O–H groups in total. The van der Waals surface area contributed by atoms with Gasteiger partial charge in [0.2, 0.25) is 11.8 Å². The van der Waals surface area contributed by atoms with Gasteiger partial charge in [0.25, 0.3) is 0 Å². The molecule has 2 amide bonds. The fraction of sp³-hybridized carbons (Fsp3) is 0.176. The van der Waals surface area contributed by atoms with Gasteiger partial charge in [-0.1, -0.05) is 41.9 Å². The second-order valence-electron chi connectivity index (χ2n) is 5.03. The Balaban J connectivity index is 1.68. The summed E-state index contributed by atoms with van der Waals surface area (Å²) in [6.45, 7) is 0. The summed E-state index contributed by atoms with van der Waals surface area (Å²) in [5.74, 6) is 0.420. The summed E-state index contributed by atoms with van der Waals surface area (Å²) in [7, 11) is 0. The van der Waals surface area contributed by atoms with Gasteiger partial charge >= 0.3 is 0 Å². The van der Waals surface area contributed by atoms with Crippen LogP contribution in [0.15, 0.2) is 54.6 Å². The summed E-state index contributed by atoms with van der Waals surface area (Å²) in [4.78, 5) is 25.9. The quantitative estimate of drug-likeness (QED) is 0.797. The van der Waals surface area contributed by atoms with Crippen molar-refractivity contribution in [3.63, 3.8) is 0 Å². The van der Waals surface area contributed by atoms with Crippen LogP contribution >= 0.6 is 23.4 Å². The van der Waals surface area contributed by atoms with E-state index in [1.165, 1.54) is 16.7 Å². The first kappa shape index (κ1) is 15.1. The van der Waals surface area contributed by atoms with Crippen LogP contribution in [0.4, 0.5) is 5.69 Å². The van der Waals surface area contributed by atoms with Crippen LogP contribution in [-0.2, 0) is 15.3 Å². The molecule has 1 atom stereocenters. The summed E-state index contributed by atoms with van der Waals surface area (Å²) in [6, 6.07) is 16.6. The molecule has 3 nitrogen and oxygen atoms in total. The minimum Gasteiger partial charge on any atom is -0.274 e. The van der Waals surface area contributed by atoms with Gasteiger partial charge in [0.05, 0.1) is 10.9 Å². The second kappa shape index (κ2) is 6.55. The molecule has 3 rings (SSSR count). The van der Waals surface area contributed by atoms with E-state index in [1.54, 1.807) is 12.1 Å². The van der Waals surface area contributed by atoms with Gasteiger partial charge in [0, 0.05) is 17.2 Å². The van der Waals surface area contributed by atoms with Crippen molar-refractivity contribution in [2.75, 3.05) is 4.90 Å². The summed E-state index contributed by atoms with van der Waals surface area (Å²) in [6.07, 6.45) is 0.256. The Kier molecular flexibility index (Phi) is 4.50. The number of imide groups is 1. The molecule has 0 saturated carbocycles. The molecular weight excluding hydrogens is 318 g/mol. The average molecular weight is 332 g/mol. The number of carbonyl (C=O) groups excluding carboxylic acids is 2. The fourth-order valence-electron chi connectivity index (χ4n) is 2.36. The lowest BCUT2D eigenvalue weighted by atomic mass is 10.2. The Morgan fingerprint density at radius 1 is 1.05 bits per heavy atom. The molecule has 1 aliphatic rings. The first-order valence-corrected chi connectivity index (χ1v) is 8.36. The van der Waals surface area contributed by atoms with Crippen LogP contribution in [0.3, 0.4) is 0 Å². The average Bonchev–Trinajstić information content (AvgIpc) is 2.82. The number of para-hydroxylation sites is 1. The molecule has 0 aliphatic carbocycles. The van der Waals surface area contributed by atoms with E-state index in [4.69, 9.17) is 11.6 Å². The van der Waals surface area contributed by atoms with Gasteiger partial charge in [-0.05, 0) is 29.8 Å². The third kappa shape index (κ3) is 3.18. The maximum absolute atomic E-state index is 12.5. The molecule has 112 valence electrons. The van der Waals surface area contributed by atoms with Crippen LogP contribution in [0, 0.1) is 0 Å². The van der Waals surface area contributed by atoms with E-state index in [0.29, 0.717) is 16.5 Å². The normalized spacial score (nSPS) is 18.0. The molecule has 1 aliphatic heterocycles. The lowest BCUT2D eigenvalue weighted by Gasteiger charge is -2.14. The number of thioether (sulfide) groups is 1. The SMILES string of the molecule is O=C1C[C@H](SCc2ccc(Cl)cc2)C(=O)N1c1ccccc1. The molecule has 1 heterocycles. The van der Waals surface area contributed by atoms with Gasteiger partial charge in [0.1, 0.15) is 0 Å². The first-order valence-electron chi connectivity index (χ1n) is 6.93. The maximum Gasteiger partial charge on any atom is 0.247 e. The van der Waals surface area contributed by atoms with Crippen molar-refractivity contribution in [1.29, 1.82) is 0 Å². The van der Waals surface area contributed by atoms with Gasteiger partial charge in [0.15, 0.2) is 0 Å². The Hall–Kier alpha value is -1.78. The highest BCUT2D eigenvalue weighted by Crippen LogP contribution is 2.31. The van der Waals surface area contributed by atoms with E-state index in [-0.39, 0.29) is 23.5 Å². The Labute approximate surface area is 138 Å². The van der Waals surface area contributed by atoms with Crippen molar-refractivity contribution in [1.82, 2.24) is 0 Å². The van der Waals surface area contributed by atoms with Crippen LogP contribution in [0.5, 0.6) is 0 Å². The third-order valence-corrected chi connectivity index (χ3v) is 5.01. The summed E-state index contributed by atoms with van der Waals surface area (Å²) >= 11 is 7.35. The first-order chi connectivity index (χ1) is 10.6. The predicted octanol–water partition coefficient (Wildman–Crippen LogP) is 3.91. The highest BCUT2D eigenvalue weighted by Gasteiger charge is 2.39. The minimum absolute atomic E-state index is 0.129. The van der Waals surface area contributed by atoms with E-state index in [1.807, 2.05) is 42.5 Å². The van der Waals surface area contributed by atoms with Gasteiger partial charge in [-0.25, -0.2) is 4.90 Å². The molecule has 0 aromatic heterocycles. The largest absolute Gasteiger partial charge is 0.274 e. The molecule has 0 unspecified atom stereocenters. The van der Waals surface area contributed by atoms with Crippen LogP contribution in [0.25, 0.3) is 0 Å². The number of benzene rings is 2. The van der Waals surface area contributed by atoms with E-state index in [0.717, 1.165) is 5.56 Å². The number of carbonyl (C=O) groups is 2. The molecule has 1 fully saturated rings. The van der Waals surface area contributed by atoms with Crippen LogP contribution in [0.1, 0.15) is 12.0 Å². The number of rotatable bonds is 4. The van der Waals surface area contributed by atoms with Gasteiger partial charge < -0.3 is 0 Å². The minimum atomic E-state index is -0.316.